The van der Waals surface area contributed by atoms with Crippen LogP contribution in [0.1, 0.15) is 80.1 Å². The van der Waals surface area contributed by atoms with Gasteiger partial charge in [0, 0.05) is 0 Å². The molecule has 0 bridgehead atoms. The van der Waals surface area contributed by atoms with Gasteiger partial charge in [0.05, 0.1) is 0 Å². The lowest BCUT2D eigenvalue weighted by atomic mass is 9.85. The van der Waals surface area contributed by atoms with Crippen LogP contribution < -0.4 is 0 Å². The van der Waals surface area contributed by atoms with Crippen LogP contribution in [0.5, 0.6) is 0 Å². The third-order valence-electron chi connectivity index (χ3n) is 3.12. The van der Waals surface area contributed by atoms with Gasteiger partial charge in [0.2, 0.25) is 0 Å². The van der Waals surface area contributed by atoms with Crippen LogP contribution in [0.4, 0.5) is 0 Å². The molecule has 0 aliphatic carbocycles. The minimum absolute atomic E-state index is 0.364. The number of allylic oxidation sites excluding steroid dienone is 4. The fraction of sp³-hybridized carbons (Fsp3) is 0.765. The van der Waals surface area contributed by atoms with E-state index in [1.807, 2.05) is 0 Å². The molecule has 0 aromatic rings. The van der Waals surface area contributed by atoms with E-state index in [1.165, 1.54) is 44.1 Å². The Balaban J connectivity index is 3.90. The van der Waals surface area contributed by atoms with Crippen molar-refractivity contribution in [2.45, 2.75) is 80.1 Å². The maximum absolute atomic E-state index is 2.43. The quantitative estimate of drug-likeness (QED) is 0.343. The Kier molecular flexibility index (Phi) is 8.29. The minimum Gasteiger partial charge on any atom is -0.0856 e. The molecular formula is C17H32. The van der Waals surface area contributed by atoms with Crippen LogP contribution in [0.15, 0.2) is 23.3 Å². The zero-order valence-corrected chi connectivity index (χ0v) is 12.9. The van der Waals surface area contributed by atoms with E-state index in [4.69, 9.17) is 0 Å². The fourth-order valence-electron chi connectivity index (χ4n) is 2.33. The first-order valence-electron chi connectivity index (χ1n) is 7.19. The molecule has 0 aromatic carbocycles. The summed E-state index contributed by atoms with van der Waals surface area (Å²) in [6, 6.07) is 0. The molecule has 0 atom stereocenters. The molecule has 0 aliphatic rings. The van der Waals surface area contributed by atoms with Crippen LogP contribution in [0.2, 0.25) is 0 Å². The van der Waals surface area contributed by atoms with E-state index in [-0.39, 0.29) is 0 Å². The summed E-state index contributed by atoms with van der Waals surface area (Å²) in [5.41, 5.74) is 3.37. The number of rotatable bonds is 8. The Labute approximate surface area is 109 Å². The van der Waals surface area contributed by atoms with Gasteiger partial charge < -0.3 is 0 Å². The molecule has 0 saturated heterocycles. The fourth-order valence-corrected chi connectivity index (χ4v) is 2.33. The van der Waals surface area contributed by atoms with Crippen molar-refractivity contribution in [3.63, 3.8) is 0 Å². The van der Waals surface area contributed by atoms with Gasteiger partial charge in [-0.15, -0.1) is 0 Å². The van der Waals surface area contributed by atoms with E-state index in [0.29, 0.717) is 5.41 Å². The van der Waals surface area contributed by atoms with E-state index in [9.17, 15) is 0 Å². The summed E-state index contributed by atoms with van der Waals surface area (Å²) in [6.45, 7) is 13.6. The normalized spacial score (nSPS) is 12.7. The van der Waals surface area contributed by atoms with Crippen molar-refractivity contribution in [2.24, 2.45) is 5.41 Å². The van der Waals surface area contributed by atoms with Crippen molar-refractivity contribution in [2.75, 3.05) is 0 Å². The van der Waals surface area contributed by atoms with Crippen molar-refractivity contribution in [3.8, 4) is 0 Å². The monoisotopic (exact) mass is 236 g/mol. The highest BCUT2D eigenvalue weighted by Crippen LogP contribution is 2.27. The van der Waals surface area contributed by atoms with Crippen molar-refractivity contribution < 1.29 is 0 Å². The average Bonchev–Trinajstić information content (AvgIpc) is 2.15. The van der Waals surface area contributed by atoms with E-state index in [0.717, 1.165) is 0 Å². The molecular weight excluding hydrogens is 204 g/mol. The van der Waals surface area contributed by atoms with Crippen LogP contribution in [-0.4, -0.2) is 0 Å². The lowest BCUT2D eigenvalue weighted by Gasteiger charge is -2.21. The summed E-state index contributed by atoms with van der Waals surface area (Å²) in [6.07, 6.45) is 12.6. The van der Waals surface area contributed by atoms with Gasteiger partial charge in [-0.2, -0.15) is 0 Å². The van der Waals surface area contributed by atoms with E-state index in [2.05, 4.69) is 53.7 Å². The predicted octanol–water partition coefficient (Wildman–Crippen LogP) is 6.29. The van der Waals surface area contributed by atoms with Crippen molar-refractivity contribution in [3.05, 3.63) is 23.3 Å². The zero-order valence-electron chi connectivity index (χ0n) is 12.9. The largest absolute Gasteiger partial charge is 0.0856 e. The Bertz CT molecular complexity index is 249. The Hall–Kier alpha value is -0.520. The van der Waals surface area contributed by atoms with E-state index in [1.54, 1.807) is 5.57 Å². The third-order valence-corrected chi connectivity index (χ3v) is 3.12. The summed E-state index contributed by atoms with van der Waals surface area (Å²) in [4.78, 5) is 0. The summed E-state index contributed by atoms with van der Waals surface area (Å²) in [7, 11) is 0. The molecule has 0 aromatic heterocycles. The molecule has 100 valence electrons. The molecule has 0 rings (SSSR count). The van der Waals surface area contributed by atoms with E-state index >= 15 is 0 Å². The summed E-state index contributed by atoms with van der Waals surface area (Å²) >= 11 is 0. The number of hydrogen-bond acceptors (Lipinski definition) is 0. The molecule has 0 N–H and O–H groups in total. The topological polar surface area (TPSA) is 0 Å². The van der Waals surface area contributed by atoms with Gasteiger partial charge in [-0.25, -0.2) is 0 Å². The SMILES string of the molecule is CCCCC=C(C)CCCC(C)(C)C=C(C)C. The van der Waals surface area contributed by atoms with Crippen LogP contribution in [0.3, 0.4) is 0 Å². The Morgan fingerprint density at radius 3 is 2.24 bits per heavy atom. The molecule has 17 heavy (non-hydrogen) atoms. The zero-order chi connectivity index (χ0) is 13.3. The second kappa shape index (κ2) is 8.55. The van der Waals surface area contributed by atoms with Crippen LogP contribution in [0.25, 0.3) is 0 Å². The van der Waals surface area contributed by atoms with Gasteiger partial charge in [0.15, 0.2) is 0 Å². The van der Waals surface area contributed by atoms with E-state index < -0.39 is 0 Å². The molecule has 0 spiro atoms. The Morgan fingerprint density at radius 1 is 1.06 bits per heavy atom. The van der Waals surface area contributed by atoms with Gasteiger partial charge in [0.1, 0.15) is 0 Å². The van der Waals surface area contributed by atoms with Gasteiger partial charge in [-0.05, 0) is 51.9 Å². The number of unbranched alkanes of at least 4 members (excludes halogenated alkanes) is 2. The summed E-state index contributed by atoms with van der Waals surface area (Å²) < 4.78 is 0. The smallest absolute Gasteiger partial charge is 0.0172 e. The van der Waals surface area contributed by atoms with Crippen molar-refractivity contribution in [1.29, 1.82) is 0 Å². The maximum Gasteiger partial charge on any atom is -0.0172 e. The minimum atomic E-state index is 0.364. The van der Waals surface area contributed by atoms with Crippen molar-refractivity contribution in [1.82, 2.24) is 0 Å². The van der Waals surface area contributed by atoms with Crippen molar-refractivity contribution >= 4 is 0 Å². The molecule has 0 unspecified atom stereocenters. The number of hydrogen-bond donors (Lipinski definition) is 0. The first-order chi connectivity index (χ1) is 7.87. The molecule has 0 fully saturated rings. The lowest BCUT2D eigenvalue weighted by molar-refractivity contribution is 0.419. The van der Waals surface area contributed by atoms with Crippen LogP contribution >= 0.6 is 0 Å². The van der Waals surface area contributed by atoms with Crippen LogP contribution in [0, 0.1) is 5.41 Å². The second-order valence-corrected chi connectivity index (χ2v) is 6.26. The lowest BCUT2D eigenvalue weighted by Crippen LogP contribution is -2.07. The first kappa shape index (κ1) is 16.5. The molecule has 0 heterocycles. The molecule has 0 radical (unpaired) electrons. The van der Waals surface area contributed by atoms with Gasteiger partial charge in [0.25, 0.3) is 0 Å². The summed E-state index contributed by atoms with van der Waals surface area (Å²) in [5.74, 6) is 0. The molecule has 0 heteroatoms. The van der Waals surface area contributed by atoms with Gasteiger partial charge in [-0.1, -0.05) is 56.9 Å². The molecule has 0 amide bonds. The Morgan fingerprint density at radius 2 is 1.71 bits per heavy atom. The molecule has 0 saturated carbocycles. The standard InChI is InChI=1S/C17H32/c1-7-8-9-11-16(4)12-10-13-17(5,6)14-15(2)3/h11,14H,7-10,12-13H2,1-6H3. The first-order valence-corrected chi connectivity index (χ1v) is 7.19. The third kappa shape index (κ3) is 10.4. The van der Waals surface area contributed by atoms with Crippen LogP contribution in [-0.2, 0) is 0 Å². The summed E-state index contributed by atoms with van der Waals surface area (Å²) in [5, 5.41) is 0. The second-order valence-electron chi connectivity index (χ2n) is 6.26. The highest BCUT2D eigenvalue weighted by molar-refractivity contribution is 5.03. The van der Waals surface area contributed by atoms with Gasteiger partial charge in [-0.3, -0.25) is 0 Å². The van der Waals surface area contributed by atoms with Gasteiger partial charge >= 0.3 is 0 Å². The maximum atomic E-state index is 2.43. The predicted molar refractivity (Wildman–Crippen MR) is 80.3 cm³/mol. The molecule has 0 nitrogen and oxygen atoms in total. The highest BCUT2D eigenvalue weighted by Gasteiger charge is 2.13. The highest BCUT2D eigenvalue weighted by atomic mass is 14.2. The average molecular weight is 236 g/mol. The molecule has 0 aliphatic heterocycles.